The summed E-state index contributed by atoms with van der Waals surface area (Å²) in [5.74, 6) is 0.349. The van der Waals surface area contributed by atoms with E-state index in [1.54, 1.807) is 0 Å². The number of benzene rings is 3. The molecule has 0 N–H and O–H groups in total. The molecule has 0 aliphatic carbocycles. The molecule has 0 aromatic heterocycles. The van der Waals surface area contributed by atoms with E-state index < -0.39 is 9.84 Å². The molecule has 3 aromatic rings. The van der Waals surface area contributed by atoms with E-state index in [0.29, 0.717) is 0 Å². The molecule has 0 saturated carbocycles. The predicted molar refractivity (Wildman–Crippen MR) is 77.8 cm³/mol. The van der Waals surface area contributed by atoms with E-state index in [1.807, 2.05) is 36.4 Å². The van der Waals surface area contributed by atoms with Crippen LogP contribution in [0.25, 0.3) is 21.5 Å². The van der Waals surface area contributed by atoms with Gasteiger partial charge in [-0.2, -0.15) is 0 Å². The highest BCUT2D eigenvalue weighted by atomic mass is 32.2. The average molecular weight is 268 g/mol. The third-order valence-corrected chi connectivity index (χ3v) is 5.34. The Balaban J connectivity index is 2.30. The Hall–Kier alpha value is -1.87. The van der Waals surface area contributed by atoms with Crippen molar-refractivity contribution in [3.05, 3.63) is 59.7 Å². The molecule has 3 heteroatoms. The largest absolute Gasteiger partial charge is 0.228 e. The lowest BCUT2D eigenvalue weighted by Crippen LogP contribution is -1.95. The molecule has 0 unspecified atom stereocenters. The van der Waals surface area contributed by atoms with E-state index >= 15 is 0 Å². The van der Waals surface area contributed by atoms with E-state index in [0.717, 1.165) is 32.7 Å². The summed E-state index contributed by atoms with van der Waals surface area (Å²) >= 11 is 0. The summed E-state index contributed by atoms with van der Waals surface area (Å²) in [7, 11) is -2.99. The summed E-state index contributed by atoms with van der Waals surface area (Å²) in [6.45, 7) is 0. The second kappa shape index (κ2) is 3.58. The summed E-state index contributed by atoms with van der Waals surface area (Å²) in [5, 5.41) is 4.46. The third-order valence-electron chi connectivity index (χ3n) is 3.89. The minimum absolute atomic E-state index is 0.174. The van der Waals surface area contributed by atoms with Crippen LogP contribution in [-0.4, -0.2) is 8.42 Å². The molecule has 1 heterocycles. The van der Waals surface area contributed by atoms with E-state index in [9.17, 15) is 8.42 Å². The van der Waals surface area contributed by atoms with Crippen LogP contribution in [0, 0.1) is 0 Å². The molecular formula is C16H12O2S. The van der Waals surface area contributed by atoms with Crippen LogP contribution in [0.1, 0.15) is 11.1 Å². The molecule has 0 fully saturated rings. The summed E-state index contributed by atoms with van der Waals surface area (Å²) in [6, 6.07) is 16.2. The van der Waals surface area contributed by atoms with Crippen LogP contribution in [0.4, 0.5) is 0 Å². The first-order chi connectivity index (χ1) is 9.16. The van der Waals surface area contributed by atoms with Crippen molar-refractivity contribution < 1.29 is 8.42 Å². The zero-order valence-electron chi connectivity index (χ0n) is 10.3. The number of sulfone groups is 1. The highest BCUT2D eigenvalue weighted by Gasteiger charge is 2.28. The van der Waals surface area contributed by atoms with Gasteiger partial charge in [0, 0.05) is 0 Å². The average Bonchev–Trinajstić information content (AvgIpc) is 2.75. The van der Waals surface area contributed by atoms with Gasteiger partial charge < -0.3 is 0 Å². The molecule has 1 aliphatic rings. The minimum atomic E-state index is -2.99. The van der Waals surface area contributed by atoms with Crippen LogP contribution < -0.4 is 0 Å². The van der Waals surface area contributed by atoms with Gasteiger partial charge in [-0.3, -0.25) is 0 Å². The number of fused-ring (bicyclic) bond motifs is 6. The minimum Gasteiger partial charge on any atom is -0.228 e. The maximum atomic E-state index is 12.0. The topological polar surface area (TPSA) is 34.1 Å². The molecule has 19 heavy (non-hydrogen) atoms. The van der Waals surface area contributed by atoms with Gasteiger partial charge in [-0.1, -0.05) is 48.5 Å². The van der Waals surface area contributed by atoms with Crippen molar-refractivity contribution in [2.45, 2.75) is 11.5 Å². The first kappa shape index (κ1) is 11.0. The molecule has 94 valence electrons. The zero-order valence-corrected chi connectivity index (χ0v) is 11.1. The summed E-state index contributed by atoms with van der Waals surface area (Å²) in [6.07, 6.45) is 0. The van der Waals surface area contributed by atoms with Gasteiger partial charge in [0.1, 0.15) is 0 Å². The molecular weight excluding hydrogens is 256 g/mol. The Morgan fingerprint density at radius 2 is 1.00 bits per heavy atom. The van der Waals surface area contributed by atoms with Crippen LogP contribution >= 0.6 is 0 Å². The Labute approximate surface area is 111 Å². The Kier molecular flexibility index (Phi) is 2.07. The van der Waals surface area contributed by atoms with Gasteiger partial charge in [0.2, 0.25) is 0 Å². The van der Waals surface area contributed by atoms with E-state index in [-0.39, 0.29) is 11.5 Å². The lowest BCUT2D eigenvalue weighted by molar-refractivity contribution is 0.598. The summed E-state index contributed by atoms with van der Waals surface area (Å²) in [4.78, 5) is 0. The lowest BCUT2D eigenvalue weighted by Gasteiger charge is -2.10. The van der Waals surface area contributed by atoms with E-state index in [1.165, 1.54) is 0 Å². The predicted octanol–water partition coefficient (Wildman–Crippen LogP) is 3.42. The Morgan fingerprint density at radius 1 is 0.632 bits per heavy atom. The Bertz CT molecular complexity index is 853. The molecule has 0 bridgehead atoms. The van der Waals surface area contributed by atoms with E-state index in [2.05, 4.69) is 12.1 Å². The molecule has 3 aromatic carbocycles. The van der Waals surface area contributed by atoms with Gasteiger partial charge in [-0.05, 0) is 32.7 Å². The summed E-state index contributed by atoms with van der Waals surface area (Å²) in [5.41, 5.74) is 1.99. The first-order valence-electron chi connectivity index (χ1n) is 6.27. The van der Waals surface area contributed by atoms with Gasteiger partial charge in [0.25, 0.3) is 0 Å². The second-order valence-electron chi connectivity index (χ2n) is 5.08. The smallest absolute Gasteiger partial charge is 0.158 e. The molecule has 4 rings (SSSR count). The van der Waals surface area contributed by atoms with Crippen molar-refractivity contribution in [2.75, 3.05) is 0 Å². The molecule has 2 nitrogen and oxygen atoms in total. The quantitative estimate of drug-likeness (QED) is 0.585. The van der Waals surface area contributed by atoms with Crippen LogP contribution in [0.5, 0.6) is 0 Å². The van der Waals surface area contributed by atoms with Gasteiger partial charge in [-0.25, -0.2) is 8.42 Å². The van der Waals surface area contributed by atoms with Crippen LogP contribution in [0.15, 0.2) is 48.5 Å². The van der Waals surface area contributed by atoms with Crippen molar-refractivity contribution in [3.8, 4) is 0 Å². The molecule has 1 aliphatic heterocycles. The van der Waals surface area contributed by atoms with Crippen molar-refractivity contribution in [1.82, 2.24) is 0 Å². The maximum absolute atomic E-state index is 12.0. The zero-order chi connectivity index (χ0) is 13.0. The van der Waals surface area contributed by atoms with Crippen LogP contribution in [-0.2, 0) is 21.3 Å². The van der Waals surface area contributed by atoms with Crippen molar-refractivity contribution >= 4 is 31.4 Å². The molecule has 0 atom stereocenters. The van der Waals surface area contributed by atoms with Crippen molar-refractivity contribution in [1.29, 1.82) is 0 Å². The van der Waals surface area contributed by atoms with Gasteiger partial charge >= 0.3 is 0 Å². The SMILES string of the molecule is O=S1(=O)Cc2c(c3ccccc3c3ccccc23)C1. The Morgan fingerprint density at radius 3 is 1.42 bits per heavy atom. The standard InChI is InChI=1S/C16H12O2S/c17-19(18)9-15-13-7-3-1-5-11(13)12-6-2-4-8-14(12)16(15)10-19/h1-8H,9-10H2. The molecule has 0 spiro atoms. The molecule has 0 saturated heterocycles. The van der Waals surface area contributed by atoms with Crippen molar-refractivity contribution in [2.24, 2.45) is 0 Å². The van der Waals surface area contributed by atoms with Crippen molar-refractivity contribution in [3.63, 3.8) is 0 Å². The first-order valence-corrected chi connectivity index (χ1v) is 8.09. The number of hydrogen-bond donors (Lipinski definition) is 0. The lowest BCUT2D eigenvalue weighted by atomic mass is 9.93. The molecule has 0 radical (unpaired) electrons. The number of hydrogen-bond acceptors (Lipinski definition) is 2. The number of rotatable bonds is 0. The monoisotopic (exact) mass is 268 g/mol. The maximum Gasteiger partial charge on any atom is 0.158 e. The van der Waals surface area contributed by atoms with Gasteiger partial charge in [0.15, 0.2) is 9.84 Å². The fraction of sp³-hybridized carbons (Fsp3) is 0.125. The molecule has 0 amide bonds. The highest BCUT2D eigenvalue weighted by molar-refractivity contribution is 7.90. The summed E-state index contributed by atoms with van der Waals surface area (Å²) < 4.78 is 23.9. The van der Waals surface area contributed by atoms with Gasteiger partial charge in [-0.15, -0.1) is 0 Å². The fourth-order valence-corrected chi connectivity index (χ4v) is 4.75. The van der Waals surface area contributed by atoms with E-state index in [4.69, 9.17) is 0 Å². The normalized spacial score (nSPS) is 16.8. The highest BCUT2D eigenvalue weighted by Crippen LogP contribution is 2.38. The van der Waals surface area contributed by atoms with Crippen LogP contribution in [0.2, 0.25) is 0 Å². The van der Waals surface area contributed by atoms with Gasteiger partial charge in [0.05, 0.1) is 11.5 Å². The van der Waals surface area contributed by atoms with Crippen LogP contribution in [0.3, 0.4) is 0 Å². The second-order valence-corrected chi connectivity index (χ2v) is 7.15. The fourth-order valence-electron chi connectivity index (χ4n) is 3.11. The third kappa shape index (κ3) is 1.51.